The lowest BCUT2D eigenvalue weighted by molar-refractivity contribution is 0.102. The second-order valence-corrected chi connectivity index (χ2v) is 8.08. The van der Waals surface area contributed by atoms with Gasteiger partial charge in [-0.15, -0.1) is 12.4 Å². The lowest BCUT2D eigenvalue weighted by Gasteiger charge is -2.13. The van der Waals surface area contributed by atoms with E-state index in [0.29, 0.717) is 52.1 Å². The molecular formula is C21H23ClN4O4. The lowest BCUT2D eigenvalue weighted by atomic mass is 9.92. The van der Waals surface area contributed by atoms with E-state index >= 15 is 0 Å². The highest BCUT2D eigenvalue weighted by Gasteiger charge is 2.19. The smallest absolute Gasteiger partial charge is 0.255 e. The Balaban J connectivity index is 0.00000256. The molecule has 1 aliphatic heterocycles. The van der Waals surface area contributed by atoms with E-state index in [1.807, 2.05) is 6.07 Å². The molecule has 0 radical (unpaired) electrons. The molecule has 1 aromatic heterocycles. The number of nitrogens with two attached hydrogens (primary N) is 1. The fraction of sp³-hybridized carbons (Fsp3) is 0.286. The van der Waals surface area contributed by atoms with Crippen molar-refractivity contribution >= 4 is 29.7 Å². The number of anilines is 2. The number of fused-ring (bicyclic) bond motifs is 1. The van der Waals surface area contributed by atoms with Gasteiger partial charge in [-0.2, -0.15) is 4.98 Å². The molecule has 2 aromatic carbocycles. The molecule has 0 bridgehead atoms. The van der Waals surface area contributed by atoms with Crippen LogP contribution in [-0.2, 0) is 6.42 Å². The highest BCUT2D eigenvalue weighted by Crippen LogP contribution is 2.38. The first kappa shape index (κ1) is 21.4. The summed E-state index contributed by atoms with van der Waals surface area (Å²) in [4.78, 5) is 17.2. The largest absolute Gasteiger partial charge is 0.454 e. The molecule has 0 unspecified atom stereocenters. The molecule has 0 aliphatic carbocycles. The summed E-state index contributed by atoms with van der Waals surface area (Å²) < 4.78 is 16.0. The van der Waals surface area contributed by atoms with Crippen LogP contribution in [0.2, 0.25) is 0 Å². The summed E-state index contributed by atoms with van der Waals surface area (Å²) in [5, 5.41) is 6.85. The molecule has 3 aromatic rings. The molecule has 1 amide bonds. The first-order valence-electron chi connectivity index (χ1n) is 9.22. The number of carbonyl (C=O) groups is 1. The van der Waals surface area contributed by atoms with Crippen LogP contribution >= 0.6 is 12.4 Å². The highest BCUT2D eigenvalue weighted by atomic mass is 35.5. The van der Waals surface area contributed by atoms with Crippen LogP contribution in [-0.4, -0.2) is 22.8 Å². The SMILES string of the molecule is CC(C)(C)Cc1nc(-c2cccc(C(=O)Nc3cc4c(cc3N)OCO4)c2)no1.Cl. The molecule has 1 aliphatic rings. The van der Waals surface area contributed by atoms with E-state index < -0.39 is 0 Å². The minimum atomic E-state index is -0.309. The number of aromatic nitrogens is 2. The third-order valence-electron chi connectivity index (χ3n) is 4.33. The number of carbonyl (C=O) groups excluding carboxylic acids is 1. The van der Waals surface area contributed by atoms with Gasteiger partial charge in [0.05, 0.1) is 11.4 Å². The van der Waals surface area contributed by atoms with Crippen LogP contribution in [0.5, 0.6) is 11.5 Å². The summed E-state index contributed by atoms with van der Waals surface area (Å²) in [6, 6.07) is 10.3. The maximum Gasteiger partial charge on any atom is 0.255 e. The van der Waals surface area contributed by atoms with Crippen molar-refractivity contribution in [2.24, 2.45) is 5.41 Å². The van der Waals surface area contributed by atoms with Gasteiger partial charge < -0.3 is 25.0 Å². The average Bonchev–Trinajstić information content (AvgIpc) is 3.30. The zero-order chi connectivity index (χ0) is 20.6. The Kier molecular flexibility index (Phi) is 5.89. The van der Waals surface area contributed by atoms with Crippen molar-refractivity contribution in [1.29, 1.82) is 0 Å². The molecule has 8 nitrogen and oxygen atoms in total. The minimum Gasteiger partial charge on any atom is -0.454 e. The predicted molar refractivity (Wildman–Crippen MR) is 115 cm³/mol. The molecule has 0 atom stereocenters. The van der Waals surface area contributed by atoms with Crippen molar-refractivity contribution in [3.8, 4) is 22.9 Å². The highest BCUT2D eigenvalue weighted by molar-refractivity contribution is 6.06. The van der Waals surface area contributed by atoms with E-state index in [9.17, 15) is 4.79 Å². The van der Waals surface area contributed by atoms with Crippen molar-refractivity contribution in [2.75, 3.05) is 17.8 Å². The number of hydrogen-bond donors (Lipinski definition) is 2. The number of nitrogens with one attached hydrogen (secondary N) is 1. The van der Waals surface area contributed by atoms with Crippen LogP contribution < -0.4 is 20.5 Å². The topological polar surface area (TPSA) is 113 Å². The van der Waals surface area contributed by atoms with Gasteiger partial charge in [0.1, 0.15) is 0 Å². The summed E-state index contributed by atoms with van der Waals surface area (Å²) in [7, 11) is 0. The van der Waals surface area contributed by atoms with Crippen LogP contribution in [0.1, 0.15) is 37.0 Å². The summed E-state index contributed by atoms with van der Waals surface area (Å²) in [5.74, 6) is 1.81. The molecule has 9 heteroatoms. The summed E-state index contributed by atoms with van der Waals surface area (Å²) in [5.41, 5.74) is 8.04. The fourth-order valence-corrected chi connectivity index (χ4v) is 2.96. The zero-order valence-corrected chi connectivity index (χ0v) is 17.7. The molecule has 158 valence electrons. The molecule has 4 rings (SSSR count). The Morgan fingerprint density at radius 1 is 1.17 bits per heavy atom. The van der Waals surface area contributed by atoms with Gasteiger partial charge in [0.25, 0.3) is 5.91 Å². The molecular weight excluding hydrogens is 408 g/mol. The van der Waals surface area contributed by atoms with Crippen LogP contribution in [0, 0.1) is 5.41 Å². The number of amides is 1. The molecule has 0 fully saturated rings. The van der Waals surface area contributed by atoms with Gasteiger partial charge in [-0.1, -0.05) is 38.1 Å². The van der Waals surface area contributed by atoms with Gasteiger partial charge >= 0.3 is 0 Å². The Hall–Kier alpha value is -3.26. The van der Waals surface area contributed by atoms with Gasteiger partial charge in [0.15, 0.2) is 11.5 Å². The Labute approximate surface area is 180 Å². The average molecular weight is 431 g/mol. The Morgan fingerprint density at radius 2 is 1.90 bits per heavy atom. The minimum absolute atomic E-state index is 0. The second kappa shape index (κ2) is 8.23. The van der Waals surface area contributed by atoms with Crippen molar-refractivity contribution in [3.05, 3.63) is 47.9 Å². The zero-order valence-electron chi connectivity index (χ0n) is 16.9. The summed E-state index contributed by atoms with van der Waals surface area (Å²) in [6.45, 7) is 6.44. The quantitative estimate of drug-likeness (QED) is 0.593. The van der Waals surface area contributed by atoms with Gasteiger partial charge in [-0.05, 0) is 17.5 Å². The first-order valence-corrected chi connectivity index (χ1v) is 9.22. The van der Waals surface area contributed by atoms with E-state index in [2.05, 4.69) is 36.2 Å². The number of rotatable bonds is 4. The van der Waals surface area contributed by atoms with Crippen LogP contribution in [0.15, 0.2) is 40.9 Å². The van der Waals surface area contributed by atoms with Crippen molar-refractivity contribution in [2.45, 2.75) is 27.2 Å². The van der Waals surface area contributed by atoms with E-state index in [1.54, 1.807) is 30.3 Å². The van der Waals surface area contributed by atoms with Crippen LogP contribution in [0.25, 0.3) is 11.4 Å². The maximum absolute atomic E-state index is 12.7. The predicted octanol–water partition coefficient (Wildman–Crippen LogP) is 4.31. The van der Waals surface area contributed by atoms with Gasteiger partial charge in [-0.3, -0.25) is 4.79 Å². The van der Waals surface area contributed by atoms with E-state index in [4.69, 9.17) is 19.7 Å². The van der Waals surface area contributed by atoms with Crippen LogP contribution in [0.4, 0.5) is 11.4 Å². The maximum atomic E-state index is 12.7. The number of ether oxygens (including phenoxy) is 2. The Bertz CT molecular complexity index is 1080. The monoisotopic (exact) mass is 430 g/mol. The van der Waals surface area contributed by atoms with Crippen molar-refractivity contribution in [3.63, 3.8) is 0 Å². The third-order valence-corrected chi connectivity index (χ3v) is 4.33. The molecule has 0 saturated carbocycles. The van der Waals surface area contributed by atoms with Crippen molar-refractivity contribution < 1.29 is 18.8 Å². The molecule has 2 heterocycles. The van der Waals surface area contributed by atoms with Gasteiger partial charge in [-0.25, -0.2) is 0 Å². The molecule has 0 spiro atoms. The molecule has 3 N–H and O–H groups in total. The number of nitrogen functional groups attached to an aromatic ring is 1. The van der Waals surface area contributed by atoms with Crippen LogP contribution in [0.3, 0.4) is 0 Å². The third kappa shape index (κ3) is 4.65. The summed E-state index contributed by atoms with van der Waals surface area (Å²) >= 11 is 0. The second-order valence-electron chi connectivity index (χ2n) is 8.08. The van der Waals surface area contributed by atoms with Gasteiger partial charge in [0, 0.05) is 29.7 Å². The van der Waals surface area contributed by atoms with E-state index in [-0.39, 0.29) is 30.5 Å². The molecule has 30 heavy (non-hydrogen) atoms. The fourth-order valence-electron chi connectivity index (χ4n) is 2.96. The van der Waals surface area contributed by atoms with E-state index in [1.165, 1.54) is 0 Å². The van der Waals surface area contributed by atoms with Gasteiger partial charge in [0.2, 0.25) is 18.5 Å². The molecule has 0 saturated heterocycles. The summed E-state index contributed by atoms with van der Waals surface area (Å²) in [6.07, 6.45) is 0.670. The lowest BCUT2D eigenvalue weighted by Crippen LogP contribution is -2.13. The van der Waals surface area contributed by atoms with Crippen molar-refractivity contribution in [1.82, 2.24) is 10.1 Å². The standard InChI is InChI=1S/C21H22N4O4.ClH/c1-21(2,3)10-18-24-19(25-29-18)12-5-4-6-13(7-12)20(26)23-15-9-17-16(8-14(15)22)27-11-28-17;/h4-9H,10-11,22H2,1-3H3,(H,23,26);1H. The number of hydrogen-bond acceptors (Lipinski definition) is 7. The number of benzene rings is 2. The number of nitrogens with zero attached hydrogens (tertiary/aromatic N) is 2. The number of halogens is 1. The Morgan fingerprint density at radius 3 is 2.63 bits per heavy atom. The normalized spacial score (nSPS) is 12.4. The van der Waals surface area contributed by atoms with E-state index in [0.717, 1.165) is 0 Å². The first-order chi connectivity index (χ1) is 13.8.